The molecule has 1 fully saturated rings. The standard InChI is InChI=1S/C37H43F3O3/c38-37(39,40)24-9-3-1-2-4-10-25-41-31-20-18-29(19-21-31)36-33(28-13-6-5-7-14-28)16-12-15-30-27-32(22-23-34(30)36)43-35-17-8-11-26-42-35/h5-7,13-14,18-23,27,35H,1-4,8-12,15-17,24-26H2. The molecule has 3 aromatic rings. The van der Waals surface area contributed by atoms with E-state index in [-0.39, 0.29) is 12.7 Å². The zero-order chi connectivity index (χ0) is 29.9. The first-order valence-electron chi connectivity index (χ1n) is 16.0. The Balaban J connectivity index is 1.25. The van der Waals surface area contributed by atoms with E-state index in [4.69, 9.17) is 14.2 Å². The number of benzene rings is 3. The van der Waals surface area contributed by atoms with E-state index in [2.05, 4.69) is 60.7 Å². The van der Waals surface area contributed by atoms with E-state index in [1.165, 1.54) is 27.8 Å². The number of hydrogen-bond donors (Lipinski definition) is 0. The van der Waals surface area contributed by atoms with E-state index >= 15 is 0 Å². The van der Waals surface area contributed by atoms with E-state index in [1.807, 2.05) is 12.1 Å². The van der Waals surface area contributed by atoms with E-state index in [1.54, 1.807) is 0 Å². The van der Waals surface area contributed by atoms with E-state index in [0.29, 0.717) is 13.0 Å². The van der Waals surface area contributed by atoms with Gasteiger partial charge in [0.05, 0.1) is 13.2 Å². The molecule has 230 valence electrons. The van der Waals surface area contributed by atoms with Gasteiger partial charge in [0, 0.05) is 12.8 Å². The molecule has 5 rings (SSSR count). The predicted octanol–water partition coefficient (Wildman–Crippen LogP) is 10.6. The molecule has 0 bridgehead atoms. The summed E-state index contributed by atoms with van der Waals surface area (Å²) in [5, 5.41) is 0. The SMILES string of the molecule is FC(F)(F)CCCCCCCCOc1ccc(C2=C(c3ccccc3)CCCc3cc(OC4CCCCO4)ccc32)cc1. The second-order valence-electron chi connectivity index (χ2n) is 11.7. The fourth-order valence-corrected chi connectivity index (χ4v) is 6.09. The van der Waals surface area contributed by atoms with Gasteiger partial charge in [-0.25, -0.2) is 0 Å². The lowest BCUT2D eigenvalue weighted by Gasteiger charge is -2.24. The maximum Gasteiger partial charge on any atom is 0.389 e. The summed E-state index contributed by atoms with van der Waals surface area (Å²) in [4.78, 5) is 0. The third-order valence-corrected chi connectivity index (χ3v) is 8.31. The van der Waals surface area contributed by atoms with Crippen LogP contribution in [-0.2, 0) is 11.2 Å². The minimum Gasteiger partial charge on any atom is -0.494 e. The maximum atomic E-state index is 12.3. The Hall–Kier alpha value is -3.25. The van der Waals surface area contributed by atoms with Gasteiger partial charge >= 0.3 is 6.18 Å². The summed E-state index contributed by atoms with van der Waals surface area (Å²) < 4.78 is 54.9. The first-order valence-corrected chi connectivity index (χ1v) is 16.0. The third kappa shape index (κ3) is 9.37. The highest BCUT2D eigenvalue weighted by Crippen LogP contribution is 2.41. The Labute approximate surface area is 254 Å². The second-order valence-corrected chi connectivity index (χ2v) is 11.7. The predicted molar refractivity (Wildman–Crippen MR) is 166 cm³/mol. The normalized spacial score (nSPS) is 17.3. The lowest BCUT2D eigenvalue weighted by atomic mass is 9.88. The molecule has 1 heterocycles. The van der Waals surface area contributed by atoms with Crippen molar-refractivity contribution in [2.45, 2.75) is 95.9 Å². The molecule has 1 atom stereocenters. The van der Waals surface area contributed by atoms with Crippen LogP contribution in [-0.4, -0.2) is 25.7 Å². The highest BCUT2D eigenvalue weighted by Gasteiger charge is 2.26. The molecule has 3 aromatic carbocycles. The molecule has 0 radical (unpaired) electrons. The largest absolute Gasteiger partial charge is 0.494 e. The highest BCUT2D eigenvalue weighted by molar-refractivity contribution is 6.00. The van der Waals surface area contributed by atoms with Gasteiger partial charge in [-0.05, 0) is 103 Å². The molecule has 1 aliphatic heterocycles. The molecular formula is C37H43F3O3. The van der Waals surface area contributed by atoms with Gasteiger partial charge < -0.3 is 14.2 Å². The van der Waals surface area contributed by atoms with Gasteiger partial charge in [-0.15, -0.1) is 0 Å². The minimum atomic E-state index is -4.04. The Morgan fingerprint density at radius 2 is 1.47 bits per heavy atom. The van der Waals surface area contributed by atoms with Gasteiger partial charge in [0.1, 0.15) is 11.5 Å². The Morgan fingerprint density at radius 3 is 2.21 bits per heavy atom. The lowest BCUT2D eigenvalue weighted by Crippen LogP contribution is -2.25. The van der Waals surface area contributed by atoms with E-state index in [9.17, 15) is 13.2 Å². The van der Waals surface area contributed by atoms with Crippen LogP contribution in [0.25, 0.3) is 11.1 Å². The number of hydrogen-bond acceptors (Lipinski definition) is 3. The van der Waals surface area contributed by atoms with Crippen LogP contribution in [0, 0.1) is 0 Å². The molecule has 0 N–H and O–H groups in total. The topological polar surface area (TPSA) is 27.7 Å². The molecule has 2 aliphatic rings. The summed E-state index contributed by atoms with van der Waals surface area (Å²) >= 11 is 0. The van der Waals surface area contributed by atoms with Gasteiger partial charge in [-0.2, -0.15) is 13.2 Å². The Bertz CT molecular complexity index is 1310. The Morgan fingerprint density at radius 1 is 0.721 bits per heavy atom. The van der Waals surface area contributed by atoms with Gasteiger partial charge in [0.2, 0.25) is 0 Å². The first kappa shape index (κ1) is 31.2. The molecule has 6 heteroatoms. The fraction of sp³-hybridized carbons (Fsp3) is 0.459. The number of aryl methyl sites for hydroxylation is 1. The molecule has 43 heavy (non-hydrogen) atoms. The van der Waals surface area contributed by atoms with Crippen molar-refractivity contribution in [3.05, 3.63) is 95.1 Å². The van der Waals surface area contributed by atoms with Crippen LogP contribution < -0.4 is 9.47 Å². The molecule has 1 aliphatic carbocycles. The van der Waals surface area contributed by atoms with Crippen LogP contribution in [0.5, 0.6) is 11.5 Å². The van der Waals surface area contributed by atoms with Crippen LogP contribution >= 0.6 is 0 Å². The summed E-state index contributed by atoms with van der Waals surface area (Å²) in [7, 11) is 0. The molecule has 0 amide bonds. The summed E-state index contributed by atoms with van der Waals surface area (Å²) in [6.07, 6.45) is 5.84. The third-order valence-electron chi connectivity index (χ3n) is 8.31. The molecule has 0 aromatic heterocycles. The van der Waals surface area contributed by atoms with Gasteiger partial charge in [0.25, 0.3) is 0 Å². The van der Waals surface area contributed by atoms with Crippen LogP contribution in [0.1, 0.15) is 99.3 Å². The number of fused-ring (bicyclic) bond motifs is 1. The molecule has 3 nitrogen and oxygen atoms in total. The smallest absolute Gasteiger partial charge is 0.389 e. The monoisotopic (exact) mass is 592 g/mol. The molecule has 1 unspecified atom stereocenters. The average Bonchev–Trinajstić information content (AvgIpc) is 3.20. The molecule has 0 saturated carbocycles. The number of rotatable bonds is 13. The molecular weight excluding hydrogens is 549 g/mol. The second kappa shape index (κ2) is 15.5. The molecule has 0 spiro atoms. The van der Waals surface area contributed by atoms with Crippen LogP contribution in [0.4, 0.5) is 13.2 Å². The van der Waals surface area contributed by atoms with Gasteiger partial charge in [-0.1, -0.05) is 74.2 Å². The number of ether oxygens (including phenoxy) is 3. The fourth-order valence-electron chi connectivity index (χ4n) is 6.09. The number of halogens is 3. The van der Waals surface area contributed by atoms with Crippen LogP contribution in [0.3, 0.4) is 0 Å². The summed E-state index contributed by atoms with van der Waals surface area (Å²) in [5.74, 6) is 1.71. The average molecular weight is 593 g/mol. The van der Waals surface area contributed by atoms with Crippen LogP contribution in [0.15, 0.2) is 72.8 Å². The van der Waals surface area contributed by atoms with Crippen molar-refractivity contribution in [1.29, 1.82) is 0 Å². The number of unbranched alkanes of at least 4 members (excludes halogenated alkanes) is 5. The maximum absolute atomic E-state index is 12.3. The number of alkyl halides is 3. The summed E-state index contributed by atoms with van der Waals surface area (Å²) in [5.41, 5.74) is 7.58. The lowest BCUT2D eigenvalue weighted by molar-refractivity contribution is -0.135. The number of allylic oxidation sites excluding steroid dienone is 1. The van der Waals surface area contributed by atoms with Crippen molar-refractivity contribution >= 4 is 11.1 Å². The molecule has 1 saturated heterocycles. The zero-order valence-corrected chi connectivity index (χ0v) is 25.0. The summed E-state index contributed by atoms with van der Waals surface area (Å²) in [6.45, 7) is 1.37. The Kier molecular flexibility index (Phi) is 11.2. The van der Waals surface area contributed by atoms with Crippen molar-refractivity contribution < 1.29 is 27.4 Å². The van der Waals surface area contributed by atoms with Crippen molar-refractivity contribution in [2.24, 2.45) is 0 Å². The minimum absolute atomic E-state index is 0.164. The van der Waals surface area contributed by atoms with Crippen molar-refractivity contribution in [2.75, 3.05) is 13.2 Å². The van der Waals surface area contributed by atoms with Crippen molar-refractivity contribution in [1.82, 2.24) is 0 Å². The van der Waals surface area contributed by atoms with E-state index in [0.717, 1.165) is 87.9 Å². The highest BCUT2D eigenvalue weighted by atomic mass is 19.4. The van der Waals surface area contributed by atoms with Crippen molar-refractivity contribution in [3.8, 4) is 11.5 Å². The quantitative estimate of drug-likeness (QED) is 0.185. The van der Waals surface area contributed by atoms with Gasteiger partial charge in [0.15, 0.2) is 6.29 Å². The van der Waals surface area contributed by atoms with Crippen molar-refractivity contribution in [3.63, 3.8) is 0 Å². The van der Waals surface area contributed by atoms with Crippen LogP contribution in [0.2, 0.25) is 0 Å². The zero-order valence-electron chi connectivity index (χ0n) is 25.0. The summed E-state index contributed by atoms with van der Waals surface area (Å²) in [6, 6.07) is 25.6. The van der Waals surface area contributed by atoms with Gasteiger partial charge in [-0.3, -0.25) is 0 Å². The first-order chi connectivity index (χ1) is 21.0. The van der Waals surface area contributed by atoms with E-state index < -0.39 is 12.6 Å².